The fourth-order valence-electron chi connectivity index (χ4n) is 3.31. The maximum Gasteiger partial charge on any atom is 0.200 e. The lowest BCUT2D eigenvalue weighted by Crippen LogP contribution is -2.58. The normalized spacial score (nSPS) is 29.3. The van der Waals surface area contributed by atoms with E-state index in [1.54, 1.807) is 0 Å². The van der Waals surface area contributed by atoms with Gasteiger partial charge in [0.1, 0.15) is 6.10 Å². The first-order chi connectivity index (χ1) is 8.63. The van der Waals surface area contributed by atoms with Gasteiger partial charge in [0.15, 0.2) is 11.6 Å². The van der Waals surface area contributed by atoms with Crippen LogP contribution in [0.2, 0.25) is 0 Å². The molecule has 2 saturated carbocycles. The number of hydrogen-bond donors (Lipinski definition) is 1. The van der Waals surface area contributed by atoms with Gasteiger partial charge in [0.05, 0.1) is 6.10 Å². The van der Waals surface area contributed by atoms with Crippen molar-refractivity contribution in [3.63, 3.8) is 0 Å². The molecule has 0 radical (unpaired) electrons. The Bertz CT molecular complexity index is 455. The van der Waals surface area contributed by atoms with Gasteiger partial charge in [-0.2, -0.15) is 4.39 Å². The van der Waals surface area contributed by atoms with Gasteiger partial charge in [-0.15, -0.1) is 0 Å². The summed E-state index contributed by atoms with van der Waals surface area (Å²) in [6.07, 6.45) is 3.93. The molecule has 0 saturated heterocycles. The summed E-state index contributed by atoms with van der Waals surface area (Å²) >= 11 is 0. The van der Waals surface area contributed by atoms with E-state index in [2.05, 4.69) is 0 Å². The summed E-state index contributed by atoms with van der Waals surface area (Å²) in [4.78, 5) is 0. The molecule has 4 heteroatoms. The Labute approximate surface area is 105 Å². The van der Waals surface area contributed by atoms with Crippen molar-refractivity contribution in [3.8, 4) is 5.75 Å². The summed E-state index contributed by atoms with van der Waals surface area (Å²) in [6.45, 7) is 0. The monoisotopic (exact) mass is 254 g/mol. The molecule has 2 aliphatic rings. The molecular formula is C14H16F2O2. The van der Waals surface area contributed by atoms with E-state index in [1.165, 1.54) is 12.1 Å². The SMILES string of the molecule is OC1CC(Oc2cccc(F)c2F)C12CCCC2. The van der Waals surface area contributed by atoms with Gasteiger partial charge in [-0.25, -0.2) is 4.39 Å². The zero-order valence-corrected chi connectivity index (χ0v) is 10.0. The Morgan fingerprint density at radius 1 is 1.22 bits per heavy atom. The predicted octanol–water partition coefficient (Wildman–Crippen LogP) is 3.04. The van der Waals surface area contributed by atoms with E-state index in [0.29, 0.717) is 6.42 Å². The molecule has 1 N–H and O–H groups in total. The van der Waals surface area contributed by atoms with Crippen LogP contribution in [0.4, 0.5) is 8.78 Å². The van der Waals surface area contributed by atoms with Crippen LogP contribution in [0.15, 0.2) is 18.2 Å². The van der Waals surface area contributed by atoms with Gasteiger partial charge in [0, 0.05) is 11.8 Å². The largest absolute Gasteiger partial charge is 0.486 e. The van der Waals surface area contributed by atoms with Crippen LogP contribution in [0.25, 0.3) is 0 Å². The Morgan fingerprint density at radius 3 is 2.61 bits per heavy atom. The van der Waals surface area contributed by atoms with Crippen molar-refractivity contribution in [1.82, 2.24) is 0 Å². The molecule has 18 heavy (non-hydrogen) atoms. The third-order valence-corrected chi connectivity index (χ3v) is 4.46. The zero-order chi connectivity index (χ0) is 12.8. The maximum absolute atomic E-state index is 13.5. The number of hydrogen-bond acceptors (Lipinski definition) is 2. The van der Waals surface area contributed by atoms with Gasteiger partial charge in [0.25, 0.3) is 0 Å². The van der Waals surface area contributed by atoms with E-state index in [9.17, 15) is 13.9 Å². The van der Waals surface area contributed by atoms with Crippen molar-refractivity contribution in [2.75, 3.05) is 0 Å². The molecule has 3 rings (SSSR count). The van der Waals surface area contributed by atoms with Gasteiger partial charge in [0.2, 0.25) is 5.82 Å². The third-order valence-electron chi connectivity index (χ3n) is 4.46. The molecule has 0 aromatic heterocycles. The van der Waals surface area contributed by atoms with Crippen molar-refractivity contribution in [2.45, 2.75) is 44.3 Å². The van der Waals surface area contributed by atoms with Crippen molar-refractivity contribution in [3.05, 3.63) is 29.8 Å². The lowest BCUT2D eigenvalue weighted by Gasteiger charge is -2.51. The molecule has 2 atom stereocenters. The molecule has 0 heterocycles. The molecule has 98 valence electrons. The summed E-state index contributed by atoms with van der Waals surface area (Å²) in [5.41, 5.74) is -0.223. The molecule has 2 nitrogen and oxygen atoms in total. The van der Waals surface area contributed by atoms with Crippen LogP contribution in [0, 0.1) is 17.0 Å². The minimum Gasteiger partial charge on any atom is -0.486 e. The van der Waals surface area contributed by atoms with Crippen LogP contribution in [0.1, 0.15) is 32.1 Å². The average molecular weight is 254 g/mol. The highest BCUT2D eigenvalue weighted by atomic mass is 19.2. The summed E-state index contributed by atoms with van der Waals surface area (Å²) in [5, 5.41) is 9.92. The third kappa shape index (κ3) is 1.62. The highest BCUT2D eigenvalue weighted by molar-refractivity contribution is 5.26. The van der Waals surface area contributed by atoms with Gasteiger partial charge in [-0.3, -0.25) is 0 Å². The van der Waals surface area contributed by atoms with Crippen LogP contribution in [0.5, 0.6) is 5.75 Å². The number of benzene rings is 1. The first-order valence-electron chi connectivity index (χ1n) is 6.42. The summed E-state index contributed by atoms with van der Waals surface area (Å²) < 4.78 is 32.2. The molecule has 1 aromatic rings. The Kier molecular flexibility index (Phi) is 2.77. The first-order valence-corrected chi connectivity index (χ1v) is 6.42. The minimum absolute atomic E-state index is 0.0434. The highest BCUT2D eigenvalue weighted by Gasteiger charge is 2.57. The second-order valence-electron chi connectivity index (χ2n) is 5.35. The van der Waals surface area contributed by atoms with E-state index < -0.39 is 11.6 Å². The number of aliphatic hydroxyl groups is 1. The van der Waals surface area contributed by atoms with Crippen molar-refractivity contribution < 1.29 is 18.6 Å². The Hall–Kier alpha value is -1.16. The van der Waals surface area contributed by atoms with Crippen LogP contribution in [-0.4, -0.2) is 17.3 Å². The molecule has 2 aliphatic carbocycles. The predicted molar refractivity (Wildman–Crippen MR) is 62.3 cm³/mol. The van der Waals surface area contributed by atoms with Crippen molar-refractivity contribution >= 4 is 0 Å². The first kappa shape index (κ1) is 11.9. The van der Waals surface area contributed by atoms with E-state index >= 15 is 0 Å². The minimum atomic E-state index is -0.938. The number of halogens is 2. The summed E-state index contributed by atoms with van der Waals surface area (Å²) in [5.74, 6) is -1.88. The van der Waals surface area contributed by atoms with E-state index in [-0.39, 0.29) is 23.4 Å². The molecule has 1 spiro atoms. The summed E-state index contributed by atoms with van der Waals surface area (Å²) in [6, 6.07) is 3.94. The van der Waals surface area contributed by atoms with E-state index in [1.807, 2.05) is 0 Å². The molecule has 0 amide bonds. The topological polar surface area (TPSA) is 29.5 Å². The van der Waals surface area contributed by atoms with Crippen LogP contribution in [0.3, 0.4) is 0 Å². The maximum atomic E-state index is 13.5. The highest BCUT2D eigenvalue weighted by Crippen LogP contribution is 2.54. The molecule has 1 aromatic carbocycles. The fourth-order valence-corrected chi connectivity index (χ4v) is 3.31. The molecule has 2 unspecified atom stereocenters. The van der Waals surface area contributed by atoms with Crippen molar-refractivity contribution in [1.29, 1.82) is 0 Å². The van der Waals surface area contributed by atoms with Gasteiger partial charge in [-0.05, 0) is 25.0 Å². The number of aliphatic hydroxyl groups excluding tert-OH is 1. The van der Waals surface area contributed by atoms with Crippen molar-refractivity contribution in [2.24, 2.45) is 5.41 Å². The van der Waals surface area contributed by atoms with Gasteiger partial charge in [-0.1, -0.05) is 18.9 Å². The Balaban J connectivity index is 1.79. The van der Waals surface area contributed by atoms with Crippen LogP contribution in [-0.2, 0) is 0 Å². The van der Waals surface area contributed by atoms with Crippen LogP contribution < -0.4 is 4.74 Å². The zero-order valence-electron chi connectivity index (χ0n) is 10.0. The van der Waals surface area contributed by atoms with Gasteiger partial charge < -0.3 is 9.84 Å². The molecular weight excluding hydrogens is 238 g/mol. The molecule has 2 fully saturated rings. The number of ether oxygens (including phenoxy) is 1. The lowest BCUT2D eigenvalue weighted by molar-refractivity contribution is -0.152. The fraction of sp³-hybridized carbons (Fsp3) is 0.571. The standard InChI is InChI=1S/C14H16F2O2/c15-9-4-3-5-10(13(9)16)18-12-8-11(17)14(12)6-1-2-7-14/h3-5,11-12,17H,1-2,6-8H2. The van der Waals surface area contributed by atoms with E-state index in [0.717, 1.165) is 31.7 Å². The molecule has 0 bridgehead atoms. The van der Waals surface area contributed by atoms with E-state index in [4.69, 9.17) is 4.74 Å². The smallest absolute Gasteiger partial charge is 0.200 e. The number of rotatable bonds is 2. The quantitative estimate of drug-likeness (QED) is 0.879. The second kappa shape index (κ2) is 4.19. The van der Waals surface area contributed by atoms with Gasteiger partial charge >= 0.3 is 0 Å². The lowest BCUT2D eigenvalue weighted by atomic mass is 9.62. The molecule has 0 aliphatic heterocycles. The summed E-state index contributed by atoms with van der Waals surface area (Å²) in [7, 11) is 0. The second-order valence-corrected chi connectivity index (χ2v) is 5.35. The van der Waals surface area contributed by atoms with Crippen LogP contribution >= 0.6 is 0 Å². The average Bonchev–Trinajstić information content (AvgIpc) is 2.86. The Morgan fingerprint density at radius 2 is 1.94 bits per heavy atom.